The van der Waals surface area contributed by atoms with Gasteiger partial charge in [0.15, 0.2) is 0 Å². The molecule has 0 radical (unpaired) electrons. The van der Waals surface area contributed by atoms with Gasteiger partial charge in [0.1, 0.15) is 11.9 Å². The molecule has 2 aromatic rings. The molecule has 0 saturated heterocycles. The zero-order chi connectivity index (χ0) is 28.4. The Balaban J connectivity index is 1.98. The molecule has 0 unspecified atom stereocenters. The highest BCUT2D eigenvalue weighted by atomic mass is 32.2. The van der Waals surface area contributed by atoms with Crippen molar-refractivity contribution >= 4 is 23.9 Å². The van der Waals surface area contributed by atoms with Crippen LogP contribution < -0.4 is 15.2 Å². The van der Waals surface area contributed by atoms with Crippen molar-refractivity contribution in [1.82, 2.24) is 0 Å². The highest BCUT2D eigenvalue weighted by Crippen LogP contribution is 2.60. The molecular weight excluding hydrogens is 496 g/mol. The monoisotopic (exact) mass is 546 g/mol. The molecule has 39 heavy (non-hydrogen) atoms. The SMILES string of the molecule is C=c1cc(SC)c(OC(C(C)C)C(C)C)cc1=C1/C(=C\CCO)C2(CCC(CC)(CC)CC2)c2ccccc21. The van der Waals surface area contributed by atoms with E-state index in [1.807, 2.05) is 0 Å². The molecule has 0 heterocycles. The van der Waals surface area contributed by atoms with Gasteiger partial charge in [-0.25, -0.2) is 0 Å². The topological polar surface area (TPSA) is 29.5 Å². The molecular formula is C36H50O2S. The number of aliphatic hydroxyl groups excluding tert-OH is 1. The fourth-order valence-electron chi connectivity index (χ4n) is 7.42. The maximum atomic E-state index is 9.93. The van der Waals surface area contributed by atoms with E-state index in [1.54, 1.807) is 11.8 Å². The summed E-state index contributed by atoms with van der Waals surface area (Å²) in [5.74, 6) is 1.81. The second kappa shape index (κ2) is 12.3. The molecule has 0 aromatic heterocycles. The van der Waals surface area contributed by atoms with Gasteiger partial charge in [-0.05, 0) is 100 Å². The molecule has 3 heteroatoms. The summed E-state index contributed by atoms with van der Waals surface area (Å²) in [6.45, 7) is 18.5. The first-order valence-corrected chi connectivity index (χ1v) is 16.4. The predicted molar refractivity (Wildman–Crippen MR) is 169 cm³/mol. The van der Waals surface area contributed by atoms with E-state index < -0.39 is 0 Å². The highest BCUT2D eigenvalue weighted by Gasteiger charge is 2.49. The lowest BCUT2D eigenvalue weighted by atomic mass is 9.58. The summed E-state index contributed by atoms with van der Waals surface area (Å²) >= 11 is 1.73. The molecule has 2 aliphatic rings. The van der Waals surface area contributed by atoms with Gasteiger partial charge < -0.3 is 9.84 Å². The number of hydrogen-bond acceptors (Lipinski definition) is 3. The Kier molecular flexibility index (Phi) is 9.44. The molecule has 2 aliphatic carbocycles. The van der Waals surface area contributed by atoms with Crippen molar-refractivity contribution < 1.29 is 9.84 Å². The van der Waals surface area contributed by atoms with Crippen LogP contribution in [0.3, 0.4) is 0 Å². The van der Waals surface area contributed by atoms with Crippen LogP contribution in [0.5, 0.6) is 5.75 Å². The van der Waals surface area contributed by atoms with E-state index >= 15 is 0 Å². The van der Waals surface area contributed by atoms with Crippen molar-refractivity contribution in [3.05, 3.63) is 69.6 Å². The molecule has 1 N–H and O–H groups in total. The number of rotatable bonds is 9. The number of hydrogen-bond donors (Lipinski definition) is 1. The van der Waals surface area contributed by atoms with Crippen molar-refractivity contribution in [3.63, 3.8) is 0 Å². The van der Waals surface area contributed by atoms with Crippen LogP contribution in [-0.4, -0.2) is 24.1 Å². The van der Waals surface area contributed by atoms with E-state index in [0.717, 1.165) is 28.7 Å². The van der Waals surface area contributed by atoms with Crippen LogP contribution in [0.25, 0.3) is 12.2 Å². The average Bonchev–Trinajstić information content (AvgIpc) is 3.20. The standard InChI is InChI=1S/C36H50O2S/c1-9-35(10-2)17-19-36(20-18-35)29-15-12-11-14-27(29)33(30(36)16-13-21-37)28-23-31(32(39-8)22-26(28)7)38-34(24(3)4)25(5)6/h11-12,14-16,22-25,34,37H,7,9-10,13,17-21H2,1-6,8H3/b30-16+,33-28?. The molecule has 2 aromatic carbocycles. The zero-order valence-corrected chi connectivity index (χ0v) is 26.2. The van der Waals surface area contributed by atoms with E-state index in [2.05, 4.69) is 96.9 Å². The first-order chi connectivity index (χ1) is 18.7. The number of allylic oxidation sites excluding steroid dienone is 1. The van der Waals surface area contributed by atoms with Crippen LogP contribution in [0, 0.1) is 17.3 Å². The van der Waals surface area contributed by atoms with Crippen LogP contribution >= 0.6 is 11.8 Å². The van der Waals surface area contributed by atoms with Gasteiger partial charge in [-0.2, -0.15) is 0 Å². The summed E-state index contributed by atoms with van der Waals surface area (Å²) < 4.78 is 6.79. The Bertz CT molecular complexity index is 1280. The van der Waals surface area contributed by atoms with Gasteiger partial charge in [-0.15, -0.1) is 11.8 Å². The lowest BCUT2D eigenvalue weighted by molar-refractivity contribution is 0.102. The maximum Gasteiger partial charge on any atom is 0.133 e. The van der Waals surface area contributed by atoms with E-state index in [4.69, 9.17) is 4.74 Å². The van der Waals surface area contributed by atoms with Crippen LogP contribution in [0.15, 0.2) is 52.9 Å². The van der Waals surface area contributed by atoms with E-state index in [0.29, 0.717) is 23.7 Å². The summed E-state index contributed by atoms with van der Waals surface area (Å²) in [6, 6.07) is 13.6. The maximum absolute atomic E-state index is 9.93. The number of aliphatic hydroxyl groups is 1. The third-order valence-corrected chi connectivity index (χ3v) is 10.6. The van der Waals surface area contributed by atoms with Gasteiger partial charge >= 0.3 is 0 Å². The molecule has 0 aliphatic heterocycles. The van der Waals surface area contributed by atoms with Crippen molar-refractivity contribution in [3.8, 4) is 5.75 Å². The average molecular weight is 547 g/mol. The second-order valence-electron chi connectivity index (χ2n) is 12.6. The number of fused-ring (bicyclic) bond motifs is 2. The minimum absolute atomic E-state index is 0.00102. The van der Waals surface area contributed by atoms with E-state index in [1.165, 1.54) is 53.2 Å². The van der Waals surface area contributed by atoms with Crippen LogP contribution in [0.2, 0.25) is 0 Å². The van der Waals surface area contributed by atoms with Crippen molar-refractivity contribution in [1.29, 1.82) is 0 Å². The molecule has 0 amide bonds. The highest BCUT2D eigenvalue weighted by molar-refractivity contribution is 7.98. The smallest absolute Gasteiger partial charge is 0.133 e. The fraction of sp³-hybridized carbons (Fsp3) is 0.556. The Labute approximate surface area is 241 Å². The van der Waals surface area contributed by atoms with Crippen molar-refractivity contribution in [2.45, 2.75) is 103 Å². The Morgan fingerprint density at radius 1 is 1.00 bits per heavy atom. The van der Waals surface area contributed by atoms with Crippen LogP contribution in [-0.2, 0) is 5.41 Å². The van der Waals surface area contributed by atoms with Gasteiger partial charge in [0.05, 0.1) is 0 Å². The molecule has 1 spiro atoms. The summed E-state index contributed by atoms with van der Waals surface area (Å²) in [4.78, 5) is 1.14. The Hall–Kier alpha value is -1.97. The molecule has 2 nitrogen and oxygen atoms in total. The lowest BCUT2D eigenvalue weighted by Crippen LogP contribution is -2.37. The first kappa shape index (κ1) is 30.0. The van der Waals surface area contributed by atoms with Crippen LogP contribution in [0.4, 0.5) is 0 Å². The molecule has 4 rings (SSSR count). The lowest BCUT2D eigenvalue weighted by Gasteiger charge is -2.46. The first-order valence-electron chi connectivity index (χ1n) is 15.2. The zero-order valence-electron chi connectivity index (χ0n) is 25.4. The Morgan fingerprint density at radius 2 is 1.64 bits per heavy atom. The second-order valence-corrected chi connectivity index (χ2v) is 13.4. The molecule has 0 atom stereocenters. The van der Waals surface area contributed by atoms with Gasteiger partial charge in [0.2, 0.25) is 0 Å². The largest absolute Gasteiger partial charge is 0.489 e. The van der Waals surface area contributed by atoms with Gasteiger partial charge in [-0.1, -0.05) is 91.3 Å². The van der Waals surface area contributed by atoms with Crippen molar-refractivity contribution in [2.75, 3.05) is 12.9 Å². The van der Waals surface area contributed by atoms with Crippen LogP contribution in [0.1, 0.15) is 97.6 Å². The summed E-state index contributed by atoms with van der Waals surface area (Å²) in [5.41, 5.74) is 5.94. The summed E-state index contributed by atoms with van der Waals surface area (Å²) in [7, 11) is 0. The van der Waals surface area contributed by atoms with Gasteiger partial charge in [-0.3, -0.25) is 0 Å². The third kappa shape index (κ3) is 5.51. The van der Waals surface area contributed by atoms with E-state index in [9.17, 15) is 5.11 Å². The van der Waals surface area contributed by atoms with Gasteiger partial charge in [0, 0.05) is 16.9 Å². The third-order valence-electron chi connectivity index (χ3n) is 9.87. The minimum Gasteiger partial charge on any atom is -0.489 e. The minimum atomic E-state index is -0.00102. The molecule has 0 bridgehead atoms. The molecule has 1 saturated carbocycles. The Morgan fingerprint density at radius 3 is 2.21 bits per heavy atom. The quantitative estimate of drug-likeness (QED) is 0.323. The van der Waals surface area contributed by atoms with Gasteiger partial charge in [0.25, 0.3) is 0 Å². The number of benzene rings is 2. The predicted octanol–water partition coefficient (Wildman–Crippen LogP) is 8.02. The fourth-order valence-corrected chi connectivity index (χ4v) is 7.99. The van der Waals surface area contributed by atoms with E-state index in [-0.39, 0.29) is 18.1 Å². The summed E-state index contributed by atoms with van der Waals surface area (Å²) in [5, 5.41) is 12.1. The molecule has 212 valence electrons. The number of ether oxygens (including phenoxy) is 1. The summed E-state index contributed by atoms with van der Waals surface area (Å²) in [6.07, 6.45) is 12.6. The number of thioether (sulfide) groups is 1. The molecule has 1 fully saturated rings. The van der Waals surface area contributed by atoms with Crippen molar-refractivity contribution in [2.24, 2.45) is 17.3 Å². The normalized spacial score (nSPS) is 20.4.